The lowest BCUT2D eigenvalue weighted by molar-refractivity contribution is 1.47. The third-order valence-electron chi connectivity index (χ3n) is 8.62. The minimum atomic E-state index is 0.579. The summed E-state index contributed by atoms with van der Waals surface area (Å²) < 4.78 is 0. The molecule has 8 rings (SSSR count). The average Bonchev–Trinajstić information content (AvgIpc) is 3.10. The maximum Gasteiger partial charge on any atom is 0.0992 e. The predicted molar refractivity (Wildman–Crippen MR) is 182 cm³/mol. The molecule has 202 valence electrons. The minimum absolute atomic E-state index is 0.579. The van der Waals surface area contributed by atoms with Gasteiger partial charge in [0, 0.05) is 0 Å². The minimum Gasteiger partial charge on any atom is -0.192 e. The van der Waals surface area contributed by atoms with Crippen LogP contribution in [0.1, 0.15) is 11.1 Å². The van der Waals surface area contributed by atoms with Gasteiger partial charge < -0.3 is 0 Å². The van der Waals surface area contributed by atoms with Crippen molar-refractivity contribution in [2.45, 2.75) is 0 Å². The maximum atomic E-state index is 10.1. The maximum absolute atomic E-state index is 10.1. The molecule has 2 heteroatoms. The van der Waals surface area contributed by atoms with Gasteiger partial charge in [-0.05, 0) is 125 Å². The molecule has 44 heavy (non-hydrogen) atoms. The molecule has 0 aliphatic heterocycles. The van der Waals surface area contributed by atoms with Crippen LogP contribution in [0.2, 0.25) is 0 Å². The Bertz CT molecular complexity index is 2350. The average molecular weight is 557 g/mol. The zero-order chi connectivity index (χ0) is 29.6. The number of hydrogen-bond acceptors (Lipinski definition) is 2. The molecule has 8 aromatic carbocycles. The van der Waals surface area contributed by atoms with Crippen molar-refractivity contribution in [3.8, 4) is 45.5 Å². The molecule has 0 heterocycles. The molecule has 0 unspecified atom stereocenters. The van der Waals surface area contributed by atoms with E-state index in [2.05, 4.69) is 133 Å². The van der Waals surface area contributed by atoms with Crippen molar-refractivity contribution in [2.75, 3.05) is 0 Å². The first-order valence-corrected chi connectivity index (χ1v) is 14.6. The molecule has 0 saturated carbocycles. The number of fused-ring (bicyclic) bond motifs is 6. The molecular formula is C42H24N2. The highest BCUT2D eigenvalue weighted by Gasteiger charge is 2.14. The van der Waals surface area contributed by atoms with Gasteiger partial charge in [0.1, 0.15) is 0 Å². The van der Waals surface area contributed by atoms with Gasteiger partial charge in [-0.25, -0.2) is 0 Å². The molecule has 0 aliphatic rings. The number of hydrogen-bond donors (Lipinski definition) is 0. The summed E-state index contributed by atoms with van der Waals surface area (Å²) in [6.07, 6.45) is 0. The molecule has 0 saturated heterocycles. The molecular weight excluding hydrogens is 532 g/mol. The second kappa shape index (κ2) is 10.2. The lowest BCUT2D eigenvalue weighted by Crippen LogP contribution is -1.91. The van der Waals surface area contributed by atoms with Crippen LogP contribution in [0.3, 0.4) is 0 Å². The Hall–Kier alpha value is -6.22. The van der Waals surface area contributed by atoms with Crippen molar-refractivity contribution in [3.63, 3.8) is 0 Å². The van der Waals surface area contributed by atoms with Crippen molar-refractivity contribution in [3.05, 3.63) is 157 Å². The van der Waals surface area contributed by atoms with Gasteiger partial charge in [-0.3, -0.25) is 0 Å². The molecule has 0 N–H and O–H groups in total. The van der Waals surface area contributed by atoms with Gasteiger partial charge >= 0.3 is 0 Å². The Morgan fingerprint density at radius 2 is 0.659 bits per heavy atom. The Morgan fingerprint density at radius 1 is 0.318 bits per heavy atom. The summed E-state index contributed by atoms with van der Waals surface area (Å²) in [6, 6.07) is 55.0. The topological polar surface area (TPSA) is 47.6 Å². The van der Waals surface area contributed by atoms with E-state index < -0.39 is 0 Å². The SMILES string of the molecule is N#Cc1cc(-c2cc(C#N)cc(-c3cc4ccccc4c4ccccc34)c2)cc(-c2cc3ccccc3c3ccccc23)c1. The number of rotatable bonds is 3. The van der Waals surface area contributed by atoms with E-state index in [4.69, 9.17) is 0 Å². The van der Waals surface area contributed by atoms with Crippen LogP contribution in [-0.4, -0.2) is 0 Å². The van der Waals surface area contributed by atoms with Crippen LogP contribution in [-0.2, 0) is 0 Å². The van der Waals surface area contributed by atoms with E-state index in [-0.39, 0.29) is 0 Å². The van der Waals surface area contributed by atoms with Gasteiger partial charge in [-0.15, -0.1) is 0 Å². The zero-order valence-electron chi connectivity index (χ0n) is 23.8. The number of benzene rings is 8. The molecule has 2 nitrogen and oxygen atoms in total. The van der Waals surface area contributed by atoms with Crippen LogP contribution in [0.15, 0.2) is 146 Å². The fraction of sp³-hybridized carbons (Fsp3) is 0. The van der Waals surface area contributed by atoms with Gasteiger partial charge in [0.15, 0.2) is 0 Å². The van der Waals surface area contributed by atoms with E-state index >= 15 is 0 Å². The third-order valence-corrected chi connectivity index (χ3v) is 8.62. The van der Waals surface area contributed by atoms with Gasteiger partial charge in [-0.2, -0.15) is 10.5 Å². The van der Waals surface area contributed by atoms with E-state index in [0.717, 1.165) is 54.9 Å². The molecule has 0 fully saturated rings. The van der Waals surface area contributed by atoms with E-state index in [0.29, 0.717) is 11.1 Å². The largest absolute Gasteiger partial charge is 0.192 e. The van der Waals surface area contributed by atoms with Crippen LogP contribution in [0.25, 0.3) is 76.5 Å². The van der Waals surface area contributed by atoms with Gasteiger partial charge in [0.2, 0.25) is 0 Å². The first-order chi connectivity index (χ1) is 21.7. The molecule has 0 spiro atoms. The highest BCUT2D eigenvalue weighted by atomic mass is 14.3. The second-order valence-corrected chi connectivity index (χ2v) is 11.2. The summed E-state index contributed by atoms with van der Waals surface area (Å²) in [5, 5.41) is 29.6. The Kier molecular flexibility index (Phi) is 5.94. The fourth-order valence-corrected chi connectivity index (χ4v) is 6.61. The first kappa shape index (κ1) is 25.5. The van der Waals surface area contributed by atoms with Crippen molar-refractivity contribution >= 4 is 43.1 Å². The van der Waals surface area contributed by atoms with Crippen molar-refractivity contribution in [1.29, 1.82) is 10.5 Å². The van der Waals surface area contributed by atoms with Crippen LogP contribution >= 0.6 is 0 Å². The summed E-state index contributed by atoms with van der Waals surface area (Å²) in [5.41, 5.74) is 7.07. The lowest BCUT2D eigenvalue weighted by Gasteiger charge is -2.15. The first-order valence-electron chi connectivity index (χ1n) is 14.6. The zero-order valence-corrected chi connectivity index (χ0v) is 23.8. The fourth-order valence-electron chi connectivity index (χ4n) is 6.61. The van der Waals surface area contributed by atoms with E-state index in [9.17, 15) is 10.5 Å². The number of nitriles is 2. The van der Waals surface area contributed by atoms with E-state index in [1.54, 1.807) is 0 Å². The lowest BCUT2D eigenvalue weighted by atomic mass is 9.88. The van der Waals surface area contributed by atoms with Gasteiger partial charge in [0.05, 0.1) is 23.3 Å². The van der Waals surface area contributed by atoms with Gasteiger partial charge in [0.25, 0.3) is 0 Å². The van der Waals surface area contributed by atoms with Gasteiger partial charge in [-0.1, -0.05) is 97.1 Å². The molecule has 0 amide bonds. The second-order valence-electron chi connectivity index (χ2n) is 11.2. The highest BCUT2D eigenvalue weighted by Crippen LogP contribution is 2.40. The summed E-state index contributed by atoms with van der Waals surface area (Å²) in [7, 11) is 0. The van der Waals surface area contributed by atoms with Crippen LogP contribution < -0.4 is 0 Å². The Labute approximate surface area is 255 Å². The normalized spacial score (nSPS) is 11.1. The van der Waals surface area contributed by atoms with E-state index in [1.807, 2.05) is 24.3 Å². The van der Waals surface area contributed by atoms with E-state index in [1.165, 1.54) is 21.5 Å². The molecule has 0 atom stereocenters. The monoisotopic (exact) mass is 556 g/mol. The Morgan fingerprint density at radius 3 is 1.07 bits per heavy atom. The van der Waals surface area contributed by atoms with Crippen molar-refractivity contribution in [2.24, 2.45) is 0 Å². The van der Waals surface area contributed by atoms with Crippen molar-refractivity contribution < 1.29 is 0 Å². The van der Waals surface area contributed by atoms with Crippen LogP contribution in [0.4, 0.5) is 0 Å². The smallest absolute Gasteiger partial charge is 0.0992 e. The Balaban J connectivity index is 1.37. The summed E-state index contributed by atoms with van der Waals surface area (Å²) in [6.45, 7) is 0. The summed E-state index contributed by atoms with van der Waals surface area (Å²) >= 11 is 0. The molecule has 8 aromatic rings. The van der Waals surface area contributed by atoms with Crippen LogP contribution in [0.5, 0.6) is 0 Å². The third kappa shape index (κ3) is 4.18. The summed E-state index contributed by atoms with van der Waals surface area (Å²) in [4.78, 5) is 0. The molecule has 0 aromatic heterocycles. The predicted octanol–water partition coefficient (Wildman–Crippen LogP) is 11.0. The highest BCUT2D eigenvalue weighted by molar-refractivity contribution is 6.15. The standard InChI is InChI=1S/C42H24N2/c43-25-27-17-31(21-33(19-27)41-23-29-9-1-3-11-35(29)37-13-5-7-15-39(37)41)32-18-28(26-44)20-34(22-32)42-24-30-10-2-4-12-36(30)38-14-6-8-16-40(38)42/h1-24H. The van der Waals surface area contributed by atoms with Crippen LogP contribution in [0, 0.1) is 22.7 Å². The molecule has 0 aliphatic carbocycles. The van der Waals surface area contributed by atoms with Crippen molar-refractivity contribution in [1.82, 2.24) is 0 Å². The quantitative estimate of drug-likeness (QED) is 0.203. The number of nitrogens with zero attached hydrogens (tertiary/aromatic N) is 2. The molecule has 0 bridgehead atoms. The molecule has 0 radical (unpaired) electrons. The summed E-state index contributed by atoms with van der Waals surface area (Å²) in [5.74, 6) is 0.